The number of ketones is 1. The van der Waals surface area contributed by atoms with E-state index in [4.69, 9.17) is 4.74 Å². The fourth-order valence-electron chi connectivity index (χ4n) is 13.6. The van der Waals surface area contributed by atoms with Crippen LogP contribution in [-0.2, 0) is 19.1 Å². The van der Waals surface area contributed by atoms with E-state index in [1.165, 1.54) is 5.57 Å². The molecule has 0 aromatic carbocycles. The van der Waals surface area contributed by atoms with Crippen LogP contribution in [0.1, 0.15) is 133 Å². The summed E-state index contributed by atoms with van der Waals surface area (Å²) in [4.78, 5) is 43.8. The molecular formula is C43H70N2O6. The van der Waals surface area contributed by atoms with Gasteiger partial charge in [0.15, 0.2) is 5.78 Å². The second-order valence-corrected chi connectivity index (χ2v) is 20.3. The normalized spacial score (nSPS) is 40.7. The Hall–Kier alpha value is -1.77. The number of rotatable bonds is 9. The zero-order valence-corrected chi connectivity index (χ0v) is 33.7. The summed E-state index contributed by atoms with van der Waals surface area (Å²) in [6.07, 6.45) is 7.64. The van der Waals surface area contributed by atoms with Crippen LogP contribution in [0.15, 0.2) is 11.1 Å². The van der Waals surface area contributed by atoms with Gasteiger partial charge < -0.3 is 19.8 Å². The highest BCUT2D eigenvalue weighted by Gasteiger charge is 2.71. The summed E-state index contributed by atoms with van der Waals surface area (Å²) in [6, 6.07) is 0. The maximum atomic E-state index is 14.1. The van der Waals surface area contributed by atoms with Gasteiger partial charge in [-0.3, -0.25) is 19.3 Å². The van der Waals surface area contributed by atoms with Gasteiger partial charge in [0.1, 0.15) is 6.10 Å². The molecule has 9 atom stereocenters. The van der Waals surface area contributed by atoms with E-state index < -0.39 is 28.9 Å². The third kappa shape index (κ3) is 5.99. The standard InChI is InChI=1S/C43H70N2O6/c1-11-44-20-22-45(23-21-44)26-32(47)43-19-18-41(9)28(36(43)35(27(2)3)29(46)24-43)12-13-31-40(8)16-15-33(51-34(48)25-38(4,5)37(49)50)39(6,7)30(40)14-17-42(31,41)10/h27-28,30-33,47H,11-26H2,1-10H3,(H,49,50)/t28-,30+,31-,32-,33?,40+,41-,42-,43+/m1/s1. The summed E-state index contributed by atoms with van der Waals surface area (Å²) in [5.41, 5.74) is 0.749. The van der Waals surface area contributed by atoms with E-state index in [1.54, 1.807) is 13.8 Å². The van der Waals surface area contributed by atoms with Crippen molar-refractivity contribution < 1.29 is 29.3 Å². The lowest BCUT2D eigenvalue weighted by Gasteiger charge is -2.72. The minimum atomic E-state index is -1.16. The van der Waals surface area contributed by atoms with Gasteiger partial charge in [0.25, 0.3) is 0 Å². The first-order valence-electron chi connectivity index (χ1n) is 20.5. The number of nitrogens with zero attached hydrogens (tertiary/aromatic N) is 2. The predicted molar refractivity (Wildman–Crippen MR) is 200 cm³/mol. The molecule has 0 aromatic heterocycles. The number of carboxylic acid groups (broad SMARTS) is 1. The third-order valence-electron chi connectivity index (χ3n) is 16.8. The number of esters is 1. The number of carboxylic acids is 1. The molecule has 6 rings (SSSR count). The second-order valence-electron chi connectivity index (χ2n) is 20.3. The van der Waals surface area contributed by atoms with Crippen LogP contribution >= 0.6 is 0 Å². The number of β-amino-alcohol motifs (C(OH)–C–C–N with tert-alkyl or cyclic N) is 1. The maximum Gasteiger partial charge on any atom is 0.309 e. The number of aliphatic hydroxyl groups is 1. The lowest BCUT2D eigenvalue weighted by Crippen LogP contribution is -2.66. The molecule has 1 saturated heterocycles. The van der Waals surface area contributed by atoms with Gasteiger partial charge in [-0.25, -0.2) is 0 Å². The molecule has 0 amide bonds. The Labute approximate surface area is 308 Å². The Balaban J connectivity index is 1.27. The second kappa shape index (κ2) is 13.2. The van der Waals surface area contributed by atoms with E-state index in [2.05, 4.69) is 65.2 Å². The molecule has 51 heavy (non-hydrogen) atoms. The number of hydrogen-bond acceptors (Lipinski definition) is 7. The molecular weight excluding hydrogens is 640 g/mol. The van der Waals surface area contributed by atoms with Gasteiger partial charge in [-0.15, -0.1) is 0 Å². The summed E-state index contributed by atoms with van der Waals surface area (Å²) in [5.74, 6) is 0.237. The molecule has 4 saturated carbocycles. The van der Waals surface area contributed by atoms with Gasteiger partial charge in [-0.2, -0.15) is 0 Å². The van der Waals surface area contributed by atoms with Gasteiger partial charge in [-0.05, 0) is 117 Å². The fraction of sp³-hybridized carbons (Fsp3) is 0.884. The van der Waals surface area contributed by atoms with Crippen LogP contribution in [0.2, 0.25) is 0 Å². The van der Waals surface area contributed by atoms with E-state index in [-0.39, 0.29) is 45.9 Å². The highest BCUT2D eigenvalue weighted by atomic mass is 16.5. The molecule has 0 spiro atoms. The van der Waals surface area contributed by atoms with Crippen molar-refractivity contribution in [3.63, 3.8) is 0 Å². The van der Waals surface area contributed by atoms with Gasteiger partial charge in [0.2, 0.25) is 0 Å². The van der Waals surface area contributed by atoms with Crippen LogP contribution in [0.5, 0.6) is 0 Å². The molecule has 2 N–H and O–H groups in total. The number of carbonyl (C=O) groups is 3. The number of hydrogen-bond donors (Lipinski definition) is 2. The van der Waals surface area contributed by atoms with Crippen LogP contribution in [-0.4, -0.2) is 89.2 Å². The van der Waals surface area contributed by atoms with Crippen LogP contribution in [0.25, 0.3) is 0 Å². The van der Waals surface area contributed by atoms with Gasteiger partial charge >= 0.3 is 11.9 Å². The topological polar surface area (TPSA) is 107 Å². The highest BCUT2D eigenvalue weighted by Crippen LogP contribution is 2.77. The number of Topliss-reactive ketones (excluding diaryl/α,β-unsaturated/α-hetero) is 1. The van der Waals surface area contributed by atoms with Crippen molar-refractivity contribution in [2.24, 2.45) is 56.2 Å². The first kappa shape index (κ1) is 38.9. The smallest absolute Gasteiger partial charge is 0.309 e. The SMILES string of the molecule is CCN1CCN(C[C@@H](O)[C@@]23CC[C@]4(C)[C@H](CC[C@@H]5[C@@]6(C)CCC(OC(=O)CC(C)(C)C(=O)O)C(C)(C)[C@@H]6CC[C@]54C)C2=C(C(C)C)C(=O)C3)CC1. The number of piperazine rings is 1. The molecule has 1 aliphatic heterocycles. The third-order valence-corrected chi connectivity index (χ3v) is 16.8. The molecule has 5 aliphatic carbocycles. The summed E-state index contributed by atoms with van der Waals surface area (Å²) >= 11 is 0. The molecule has 0 aromatic rings. The van der Waals surface area contributed by atoms with Crippen LogP contribution in [0.4, 0.5) is 0 Å². The lowest BCUT2D eigenvalue weighted by atomic mass is 9.33. The molecule has 6 aliphatic rings. The van der Waals surface area contributed by atoms with Crippen molar-refractivity contribution in [2.75, 3.05) is 39.3 Å². The van der Waals surface area contributed by atoms with Gasteiger partial charge in [-0.1, -0.05) is 61.0 Å². The molecule has 1 heterocycles. The Kier molecular flexibility index (Phi) is 10.1. The average Bonchev–Trinajstić information content (AvgIpc) is 3.36. The molecule has 0 radical (unpaired) electrons. The molecule has 288 valence electrons. The Morgan fingerprint density at radius 1 is 0.882 bits per heavy atom. The fourth-order valence-corrected chi connectivity index (χ4v) is 13.6. The molecule has 8 nitrogen and oxygen atoms in total. The number of allylic oxidation sites excluding steroid dienone is 1. The minimum absolute atomic E-state index is 0.0236. The van der Waals surface area contributed by atoms with Crippen molar-refractivity contribution in [1.29, 1.82) is 0 Å². The van der Waals surface area contributed by atoms with E-state index in [9.17, 15) is 24.6 Å². The largest absolute Gasteiger partial charge is 0.481 e. The summed E-state index contributed by atoms with van der Waals surface area (Å²) in [7, 11) is 0. The minimum Gasteiger partial charge on any atom is -0.481 e. The van der Waals surface area contributed by atoms with Crippen molar-refractivity contribution in [2.45, 2.75) is 146 Å². The van der Waals surface area contributed by atoms with Crippen LogP contribution < -0.4 is 0 Å². The average molecular weight is 711 g/mol. The van der Waals surface area contributed by atoms with E-state index in [0.717, 1.165) is 89.7 Å². The first-order chi connectivity index (χ1) is 23.7. The molecule has 1 unspecified atom stereocenters. The van der Waals surface area contributed by atoms with Crippen LogP contribution in [0.3, 0.4) is 0 Å². The van der Waals surface area contributed by atoms with E-state index in [0.29, 0.717) is 30.7 Å². The quantitative estimate of drug-likeness (QED) is 0.239. The Morgan fingerprint density at radius 3 is 2.14 bits per heavy atom. The van der Waals surface area contributed by atoms with Crippen molar-refractivity contribution in [3.05, 3.63) is 11.1 Å². The Bertz CT molecular complexity index is 1430. The Morgan fingerprint density at radius 2 is 1.53 bits per heavy atom. The number of likely N-dealkylation sites (N-methyl/N-ethyl adjacent to an activating group) is 1. The number of carbonyl (C=O) groups excluding carboxylic acids is 2. The van der Waals surface area contributed by atoms with Gasteiger partial charge in [0.05, 0.1) is 17.9 Å². The van der Waals surface area contributed by atoms with E-state index >= 15 is 0 Å². The van der Waals surface area contributed by atoms with Gasteiger partial charge in [0, 0.05) is 50.0 Å². The van der Waals surface area contributed by atoms with Crippen molar-refractivity contribution >= 4 is 17.7 Å². The van der Waals surface area contributed by atoms with Crippen molar-refractivity contribution in [3.8, 4) is 0 Å². The number of aliphatic carboxylic acids is 1. The summed E-state index contributed by atoms with van der Waals surface area (Å²) in [5, 5.41) is 21.9. The zero-order valence-electron chi connectivity index (χ0n) is 33.7. The number of aliphatic hydroxyl groups excluding tert-OH is 1. The predicted octanol–water partition coefficient (Wildman–Crippen LogP) is 7.38. The lowest BCUT2D eigenvalue weighted by molar-refractivity contribution is -0.235. The molecule has 8 heteroatoms. The van der Waals surface area contributed by atoms with E-state index in [1.807, 2.05) is 0 Å². The first-order valence-corrected chi connectivity index (χ1v) is 20.5. The summed E-state index contributed by atoms with van der Waals surface area (Å²) in [6.45, 7) is 27.8. The summed E-state index contributed by atoms with van der Waals surface area (Å²) < 4.78 is 6.17. The maximum absolute atomic E-state index is 14.1. The number of fused-ring (bicyclic) bond motifs is 7. The number of ether oxygens (including phenoxy) is 1. The van der Waals surface area contributed by atoms with Crippen LogP contribution in [0, 0.1) is 56.2 Å². The molecule has 0 bridgehead atoms. The molecule has 5 fully saturated rings. The highest BCUT2D eigenvalue weighted by molar-refractivity contribution is 6.00. The van der Waals surface area contributed by atoms with Crippen molar-refractivity contribution in [1.82, 2.24) is 9.80 Å². The zero-order chi connectivity index (χ0) is 37.5. The monoisotopic (exact) mass is 711 g/mol.